The molecule has 0 bridgehead atoms. The molecule has 0 aromatic rings. The summed E-state index contributed by atoms with van der Waals surface area (Å²) in [5.41, 5.74) is 1.40. The van der Waals surface area contributed by atoms with Crippen LogP contribution in [0.5, 0.6) is 0 Å². The molecule has 0 aromatic heterocycles. The lowest BCUT2D eigenvalue weighted by molar-refractivity contribution is 0.313. The summed E-state index contributed by atoms with van der Waals surface area (Å²) in [4.78, 5) is 0. The van der Waals surface area contributed by atoms with E-state index < -0.39 is 0 Å². The molecular formula is C6H10N2O2. The van der Waals surface area contributed by atoms with E-state index in [2.05, 4.69) is 10.3 Å². The van der Waals surface area contributed by atoms with Crippen molar-refractivity contribution in [3.8, 4) is 0 Å². The van der Waals surface area contributed by atoms with Crippen molar-refractivity contribution in [1.29, 1.82) is 0 Å². The molecule has 1 aliphatic rings. The van der Waals surface area contributed by atoms with E-state index in [1.807, 2.05) is 6.92 Å². The summed E-state index contributed by atoms with van der Waals surface area (Å²) in [6, 6.07) is 0. The third-order valence-electron chi connectivity index (χ3n) is 1.89. The Balaban J connectivity index is 2.77. The van der Waals surface area contributed by atoms with E-state index in [1.165, 1.54) is 0 Å². The van der Waals surface area contributed by atoms with E-state index in [9.17, 15) is 0 Å². The SMILES string of the molecule is CC1C(=NO)CCC1=NO. The Morgan fingerprint density at radius 2 is 1.60 bits per heavy atom. The van der Waals surface area contributed by atoms with Gasteiger partial charge in [-0.05, 0) is 12.8 Å². The van der Waals surface area contributed by atoms with Crippen LogP contribution in [0.3, 0.4) is 0 Å². The van der Waals surface area contributed by atoms with E-state index in [-0.39, 0.29) is 5.92 Å². The van der Waals surface area contributed by atoms with Crippen LogP contribution in [0.1, 0.15) is 19.8 Å². The number of hydrogen-bond acceptors (Lipinski definition) is 4. The summed E-state index contributed by atoms with van der Waals surface area (Å²) in [5.74, 6) is 0.00926. The standard InChI is InChI=1S/C6H10N2O2/c1-4-5(7-9)2-3-6(4)8-10/h4,9-10H,2-3H2,1H3. The normalized spacial score (nSPS) is 33.9. The van der Waals surface area contributed by atoms with Crippen LogP contribution >= 0.6 is 0 Å². The molecule has 56 valence electrons. The molecule has 0 heterocycles. The van der Waals surface area contributed by atoms with Gasteiger partial charge < -0.3 is 10.4 Å². The maximum atomic E-state index is 8.40. The first-order chi connectivity index (χ1) is 4.79. The highest BCUT2D eigenvalue weighted by Gasteiger charge is 2.25. The molecule has 1 fully saturated rings. The van der Waals surface area contributed by atoms with Crippen LogP contribution < -0.4 is 0 Å². The minimum Gasteiger partial charge on any atom is -0.411 e. The summed E-state index contributed by atoms with van der Waals surface area (Å²) >= 11 is 0. The molecule has 0 aliphatic heterocycles. The Labute approximate surface area is 58.8 Å². The van der Waals surface area contributed by atoms with Gasteiger partial charge in [0.1, 0.15) is 0 Å². The van der Waals surface area contributed by atoms with Crippen molar-refractivity contribution in [2.24, 2.45) is 16.2 Å². The summed E-state index contributed by atoms with van der Waals surface area (Å²) in [5, 5.41) is 23.0. The molecule has 0 unspecified atom stereocenters. The molecule has 4 nitrogen and oxygen atoms in total. The number of oxime groups is 2. The minimum absolute atomic E-state index is 0.00926. The van der Waals surface area contributed by atoms with E-state index in [0.717, 1.165) is 0 Å². The minimum atomic E-state index is 0.00926. The molecular weight excluding hydrogens is 132 g/mol. The fourth-order valence-corrected chi connectivity index (χ4v) is 1.15. The molecule has 1 saturated carbocycles. The van der Waals surface area contributed by atoms with Crippen molar-refractivity contribution in [2.45, 2.75) is 19.8 Å². The molecule has 0 radical (unpaired) electrons. The fraction of sp³-hybridized carbons (Fsp3) is 0.667. The average Bonchev–Trinajstić information content (AvgIpc) is 2.30. The van der Waals surface area contributed by atoms with Crippen molar-refractivity contribution < 1.29 is 10.4 Å². The molecule has 0 saturated heterocycles. The second-order valence-electron chi connectivity index (χ2n) is 2.40. The molecule has 4 heteroatoms. The van der Waals surface area contributed by atoms with Crippen molar-refractivity contribution in [2.75, 3.05) is 0 Å². The monoisotopic (exact) mass is 142 g/mol. The van der Waals surface area contributed by atoms with Gasteiger partial charge in [0, 0.05) is 5.92 Å². The van der Waals surface area contributed by atoms with Gasteiger partial charge in [-0.25, -0.2) is 0 Å². The van der Waals surface area contributed by atoms with Crippen molar-refractivity contribution in [3.63, 3.8) is 0 Å². The Morgan fingerprint density at radius 3 is 1.80 bits per heavy atom. The molecule has 0 atom stereocenters. The van der Waals surface area contributed by atoms with Crippen molar-refractivity contribution >= 4 is 11.4 Å². The first-order valence-electron chi connectivity index (χ1n) is 3.21. The molecule has 0 aromatic carbocycles. The zero-order valence-corrected chi connectivity index (χ0v) is 5.78. The van der Waals surface area contributed by atoms with Gasteiger partial charge in [0.05, 0.1) is 11.4 Å². The predicted octanol–water partition coefficient (Wildman–Crippen LogP) is 1.08. The maximum absolute atomic E-state index is 8.40. The second-order valence-corrected chi connectivity index (χ2v) is 2.40. The topological polar surface area (TPSA) is 65.2 Å². The average molecular weight is 142 g/mol. The quantitative estimate of drug-likeness (QED) is 0.392. The van der Waals surface area contributed by atoms with Crippen LogP contribution in [0, 0.1) is 5.92 Å². The summed E-state index contributed by atoms with van der Waals surface area (Å²) in [6.45, 7) is 1.86. The highest BCUT2D eigenvalue weighted by Crippen LogP contribution is 2.19. The lowest BCUT2D eigenvalue weighted by Gasteiger charge is -1.99. The second kappa shape index (κ2) is 2.68. The van der Waals surface area contributed by atoms with Crippen LogP contribution in [0.2, 0.25) is 0 Å². The van der Waals surface area contributed by atoms with Crippen LogP contribution in [0.15, 0.2) is 10.3 Å². The van der Waals surface area contributed by atoms with Gasteiger partial charge in [0.2, 0.25) is 0 Å². The van der Waals surface area contributed by atoms with E-state index >= 15 is 0 Å². The first kappa shape index (κ1) is 7.05. The molecule has 10 heavy (non-hydrogen) atoms. The van der Waals surface area contributed by atoms with E-state index in [1.54, 1.807) is 0 Å². The predicted molar refractivity (Wildman–Crippen MR) is 36.8 cm³/mol. The number of hydrogen-bond donors (Lipinski definition) is 2. The Morgan fingerprint density at radius 1 is 1.20 bits per heavy atom. The summed E-state index contributed by atoms with van der Waals surface area (Å²) in [7, 11) is 0. The van der Waals surface area contributed by atoms with Gasteiger partial charge in [-0.15, -0.1) is 0 Å². The fourth-order valence-electron chi connectivity index (χ4n) is 1.15. The lowest BCUT2D eigenvalue weighted by Crippen LogP contribution is -2.09. The zero-order chi connectivity index (χ0) is 7.56. The van der Waals surface area contributed by atoms with Crippen LogP contribution in [0.4, 0.5) is 0 Å². The third kappa shape index (κ3) is 0.964. The first-order valence-corrected chi connectivity index (χ1v) is 3.21. The Kier molecular flexibility index (Phi) is 1.89. The van der Waals surface area contributed by atoms with Gasteiger partial charge in [-0.2, -0.15) is 0 Å². The van der Waals surface area contributed by atoms with Gasteiger partial charge in [-0.1, -0.05) is 17.2 Å². The van der Waals surface area contributed by atoms with Gasteiger partial charge in [0.15, 0.2) is 0 Å². The molecule has 2 N–H and O–H groups in total. The smallest absolute Gasteiger partial charge is 0.0660 e. The van der Waals surface area contributed by atoms with Gasteiger partial charge >= 0.3 is 0 Å². The van der Waals surface area contributed by atoms with Crippen LogP contribution in [-0.2, 0) is 0 Å². The highest BCUT2D eigenvalue weighted by molar-refractivity contribution is 6.12. The molecule has 1 aliphatic carbocycles. The third-order valence-corrected chi connectivity index (χ3v) is 1.89. The van der Waals surface area contributed by atoms with E-state index in [0.29, 0.717) is 24.3 Å². The number of rotatable bonds is 0. The zero-order valence-electron chi connectivity index (χ0n) is 5.78. The van der Waals surface area contributed by atoms with Crippen molar-refractivity contribution in [3.05, 3.63) is 0 Å². The van der Waals surface area contributed by atoms with Gasteiger partial charge in [0.25, 0.3) is 0 Å². The Bertz CT molecular complexity index is 166. The largest absolute Gasteiger partial charge is 0.411 e. The molecule has 0 spiro atoms. The maximum Gasteiger partial charge on any atom is 0.0660 e. The summed E-state index contributed by atoms with van der Waals surface area (Å²) < 4.78 is 0. The van der Waals surface area contributed by atoms with Crippen molar-refractivity contribution in [1.82, 2.24) is 0 Å². The lowest BCUT2D eigenvalue weighted by atomic mass is 10.1. The highest BCUT2D eigenvalue weighted by atomic mass is 16.4. The molecule has 1 rings (SSSR count). The van der Waals surface area contributed by atoms with Crippen LogP contribution in [0.25, 0.3) is 0 Å². The Hall–Kier alpha value is -1.06. The summed E-state index contributed by atoms with van der Waals surface area (Å²) in [6.07, 6.45) is 1.41. The number of nitrogens with zero attached hydrogens (tertiary/aromatic N) is 2. The van der Waals surface area contributed by atoms with Gasteiger partial charge in [-0.3, -0.25) is 0 Å². The van der Waals surface area contributed by atoms with Crippen LogP contribution in [-0.4, -0.2) is 21.8 Å². The van der Waals surface area contributed by atoms with E-state index in [4.69, 9.17) is 10.4 Å². The molecule has 0 amide bonds.